The van der Waals surface area contributed by atoms with Gasteiger partial charge in [-0.3, -0.25) is 0 Å². The summed E-state index contributed by atoms with van der Waals surface area (Å²) in [5.74, 6) is -0.437. The third kappa shape index (κ3) is 4.61. The quantitative estimate of drug-likeness (QED) is 0.771. The van der Waals surface area contributed by atoms with Gasteiger partial charge in [-0.1, -0.05) is 11.6 Å². The van der Waals surface area contributed by atoms with Gasteiger partial charge in [0.25, 0.3) is 0 Å². The summed E-state index contributed by atoms with van der Waals surface area (Å²) in [6, 6.07) is 4.17. The van der Waals surface area contributed by atoms with Gasteiger partial charge in [0, 0.05) is 18.1 Å². The lowest BCUT2D eigenvalue weighted by atomic mass is 10.00. The Kier molecular flexibility index (Phi) is 7.95. The van der Waals surface area contributed by atoms with Crippen LogP contribution in [0.4, 0.5) is 0 Å². The first-order valence-corrected chi connectivity index (χ1v) is 9.24. The molecule has 0 amide bonds. The Morgan fingerprint density at radius 2 is 2.17 bits per heavy atom. The summed E-state index contributed by atoms with van der Waals surface area (Å²) in [5, 5.41) is 3.34. The van der Waals surface area contributed by atoms with Crippen molar-refractivity contribution in [3.63, 3.8) is 0 Å². The first-order valence-electron chi connectivity index (χ1n) is 7.42. The minimum atomic E-state index is -3.80. The lowest BCUT2D eigenvalue weighted by molar-refractivity contribution is 0.0596. The van der Waals surface area contributed by atoms with E-state index in [1.54, 1.807) is 0 Å². The van der Waals surface area contributed by atoms with Crippen molar-refractivity contribution in [3.05, 3.63) is 28.8 Å². The molecule has 0 aromatic heterocycles. The summed E-state index contributed by atoms with van der Waals surface area (Å²) in [4.78, 5) is 11.8. The van der Waals surface area contributed by atoms with Crippen LogP contribution >= 0.6 is 24.0 Å². The SMILES string of the molecule is CNCC1CCCN(S(=O)(=O)c2cc(Cl)ccc2C(=O)OC)C1.Cl. The fraction of sp³-hybridized carbons (Fsp3) is 0.533. The summed E-state index contributed by atoms with van der Waals surface area (Å²) in [6.07, 6.45) is 1.77. The fourth-order valence-electron chi connectivity index (χ4n) is 2.83. The van der Waals surface area contributed by atoms with Crippen LogP contribution in [0.1, 0.15) is 23.2 Å². The number of esters is 1. The number of ether oxygens (including phenoxy) is 1. The van der Waals surface area contributed by atoms with Gasteiger partial charge in [0.1, 0.15) is 0 Å². The maximum absolute atomic E-state index is 13.0. The van der Waals surface area contributed by atoms with Crippen molar-refractivity contribution < 1.29 is 17.9 Å². The molecule has 1 aliphatic rings. The van der Waals surface area contributed by atoms with E-state index in [1.807, 2.05) is 7.05 Å². The summed E-state index contributed by atoms with van der Waals surface area (Å²) in [5.41, 5.74) is 0.00707. The van der Waals surface area contributed by atoms with Gasteiger partial charge in [-0.05, 0) is 50.6 Å². The van der Waals surface area contributed by atoms with Gasteiger partial charge in [0.05, 0.1) is 17.6 Å². The van der Waals surface area contributed by atoms with Gasteiger partial charge in [0.2, 0.25) is 10.0 Å². The Hall–Kier alpha value is -0.860. The highest BCUT2D eigenvalue weighted by molar-refractivity contribution is 7.89. The molecule has 0 bridgehead atoms. The molecule has 1 unspecified atom stereocenters. The number of rotatable bonds is 5. The molecule has 1 N–H and O–H groups in total. The fourth-order valence-corrected chi connectivity index (χ4v) is 4.82. The molecule has 0 radical (unpaired) electrons. The number of hydrogen-bond donors (Lipinski definition) is 1. The predicted octanol–water partition coefficient (Wildman–Crippen LogP) is 2.17. The molecule has 1 atom stereocenters. The van der Waals surface area contributed by atoms with Crippen molar-refractivity contribution in [3.8, 4) is 0 Å². The number of halogens is 2. The number of hydrogen-bond acceptors (Lipinski definition) is 5. The largest absolute Gasteiger partial charge is 0.465 e. The zero-order valence-electron chi connectivity index (χ0n) is 13.6. The molecule has 0 spiro atoms. The lowest BCUT2D eigenvalue weighted by Crippen LogP contribution is -2.42. The number of nitrogens with one attached hydrogen (secondary N) is 1. The van der Waals surface area contributed by atoms with Crippen LogP contribution in [-0.4, -0.2) is 52.5 Å². The maximum Gasteiger partial charge on any atom is 0.339 e. The Labute approximate surface area is 154 Å². The minimum absolute atomic E-state index is 0. The van der Waals surface area contributed by atoms with E-state index < -0.39 is 16.0 Å². The number of benzene rings is 1. The first kappa shape index (κ1) is 21.2. The third-order valence-corrected chi connectivity index (χ3v) is 6.08. The Morgan fingerprint density at radius 1 is 1.46 bits per heavy atom. The number of carbonyl (C=O) groups is 1. The third-order valence-electron chi connectivity index (χ3n) is 3.94. The molecule has 0 aliphatic carbocycles. The van der Waals surface area contributed by atoms with Crippen LogP contribution in [0.15, 0.2) is 23.1 Å². The zero-order chi connectivity index (χ0) is 17.0. The van der Waals surface area contributed by atoms with Crippen molar-refractivity contribution in [1.29, 1.82) is 0 Å². The van der Waals surface area contributed by atoms with E-state index in [0.717, 1.165) is 19.4 Å². The lowest BCUT2D eigenvalue weighted by Gasteiger charge is -2.32. The number of sulfonamides is 1. The molecule has 24 heavy (non-hydrogen) atoms. The average molecular weight is 397 g/mol. The van der Waals surface area contributed by atoms with Gasteiger partial charge >= 0.3 is 5.97 Å². The number of nitrogens with zero attached hydrogens (tertiary/aromatic N) is 1. The summed E-state index contributed by atoms with van der Waals surface area (Å²) in [6.45, 7) is 1.62. The van der Waals surface area contributed by atoms with Gasteiger partial charge in [-0.2, -0.15) is 4.31 Å². The van der Waals surface area contributed by atoms with E-state index in [2.05, 4.69) is 10.1 Å². The molecule has 0 saturated carbocycles. The van der Waals surface area contributed by atoms with Crippen molar-refractivity contribution in [2.45, 2.75) is 17.7 Å². The number of methoxy groups -OCH3 is 1. The molecule has 136 valence electrons. The molecule has 1 saturated heterocycles. The molecular weight excluding hydrogens is 375 g/mol. The molecule has 1 aromatic rings. The normalized spacial score (nSPS) is 18.7. The van der Waals surface area contributed by atoms with E-state index in [-0.39, 0.29) is 33.8 Å². The van der Waals surface area contributed by atoms with Crippen LogP contribution in [0.2, 0.25) is 5.02 Å². The van der Waals surface area contributed by atoms with Crippen LogP contribution in [0.5, 0.6) is 0 Å². The van der Waals surface area contributed by atoms with Crippen molar-refractivity contribution >= 4 is 40.0 Å². The number of piperidine rings is 1. The van der Waals surface area contributed by atoms with Gasteiger partial charge < -0.3 is 10.1 Å². The second-order valence-corrected chi connectivity index (χ2v) is 7.90. The highest BCUT2D eigenvalue weighted by atomic mass is 35.5. The Balaban J connectivity index is 0.00000288. The highest BCUT2D eigenvalue weighted by Gasteiger charge is 2.33. The van der Waals surface area contributed by atoms with Gasteiger partial charge in [-0.15, -0.1) is 12.4 Å². The second kappa shape index (κ2) is 9.01. The van der Waals surface area contributed by atoms with Gasteiger partial charge in [0.15, 0.2) is 0 Å². The van der Waals surface area contributed by atoms with Gasteiger partial charge in [-0.25, -0.2) is 13.2 Å². The van der Waals surface area contributed by atoms with Crippen molar-refractivity contribution in [2.24, 2.45) is 5.92 Å². The van der Waals surface area contributed by atoms with Crippen LogP contribution in [0, 0.1) is 5.92 Å². The maximum atomic E-state index is 13.0. The molecule has 6 nitrogen and oxygen atoms in total. The summed E-state index contributed by atoms with van der Waals surface area (Å²) >= 11 is 5.94. The first-order chi connectivity index (χ1) is 10.9. The monoisotopic (exact) mass is 396 g/mol. The van der Waals surface area contributed by atoms with E-state index >= 15 is 0 Å². The topological polar surface area (TPSA) is 75.7 Å². The smallest absolute Gasteiger partial charge is 0.339 e. The molecule has 1 fully saturated rings. The van der Waals surface area contributed by atoms with Crippen LogP contribution < -0.4 is 5.32 Å². The highest BCUT2D eigenvalue weighted by Crippen LogP contribution is 2.28. The van der Waals surface area contributed by atoms with E-state index in [4.69, 9.17) is 11.6 Å². The molecular formula is C15H22Cl2N2O4S. The molecule has 1 aromatic carbocycles. The number of carbonyl (C=O) groups excluding carboxylic acids is 1. The van der Waals surface area contributed by atoms with Crippen molar-refractivity contribution in [2.75, 3.05) is 33.8 Å². The van der Waals surface area contributed by atoms with Crippen LogP contribution in [0.3, 0.4) is 0 Å². The molecule has 1 aliphatic heterocycles. The van der Waals surface area contributed by atoms with Crippen LogP contribution in [0.25, 0.3) is 0 Å². The molecule has 2 rings (SSSR count). The van der Waals surface area contributed by atoms with E-state index in [1.165, 1.54) is 29.6 Å². The standard InChI is InChI=1S/C15H21ClN2O4S.ClH/c1-17-9-11-4-3-7-18(10-11)23(20,21)14-8-12(16)5-6-13(14)15(19)22-2;/h5-6,8,11,17H,3-4,7,9-10H2,1-2H3;1H. The average Bonchev–Trinajstić information content (AvgIpc) is 2.54. The van der Waals surface area contributed by atoms with E-state index in [0.29, 0.717) is 13.1 Å². The van der Waals surface area contributed by atoms with Crippen molar-refractivity contribution in [1.82, 2.24) is 9.62 Å². The Morgan fingerprint density at radius 3 is 2.79 bits per heavy atom. The Bertz CT molecular complexity index is 680. The zero-order valence-corrected chi connectivity index (χ0v) is 16.0. The summed E-state index contributed by atoms with van der Waals surface area (Å²) in [7, 11) is -0.735. The second-order valence-electron chi connectivity index (χ2n) is 5.56. The predicted molar refractivity (Wildman–Crippen MR) is 95.4 cm³/mol. The molecule has 9 heteroatoms. The molecule has 1 heterocycles. The minimum Gasteiger partial charge on any atom is -0.465 e. The van der Waals surface area contributed by atoms with Crippen LogP contribution in [-0.2, 0) is 14.8 Å². The van der Waals surface area contributed by atoms with E-state index in [9.17, 15) is 13.2 Å². The summed E-state index contributed by atoms with van der Waals surface area (Å²) < 4.78 is 32.1.